The summed E-state index contributed by atoms with van der Waals surface area (Å²) >= 11 is 5.76. The van der Waals surface area contributed by atoms with Gasteiger partial charge in [0.05, 0.1) is 5.02 Å². The van der Waals surface area contributed by atoms with Crippen LogP contribution in [0.2, 0.25) is 5.02 Å². The van der Waals surface area contributed by atoms with E-state index in [0.29, 0.717) is 5.56 Å². The van der Waals surface area contributed by atoms with Crippen molar-refractivity contribution in [3.05, 3.63) is 58.9 Å². The maximum Gasteiger partial charge on any atom is 0.340 e. The van der Waals surface area contributed by atoms with Crippen LogP contribution in [0.3, 0.4) is 0 Å². The molecular weight excluding hydrogens is 243 g/mol. The second-order valence-electron chi connectivity index (χ2n) is 3.49. The van der Waals surface area contributed by atoms with E-state index in [4.69, 9.17) is 16.7 Å². The van der Waals surface area contributed by atoms with E-state index < -0.39 is 17.3 Å². The van der Waals surface area contributed by atoms with Crippen LogP contribution < -0.4 is 0 Å². The molecule has 86 valence electrons. The SMILES string of the molecule is O=C(O)c1c(F)cc(-c2ccccc2)cc1Cl. The Morgan fingerprint density at radius 3 is 2.29 bits per heavy atom. The van der Waals surface area contributed by atoms with Gasteiger partial charge in [-0.25, -0.2) is 9.18 Å². The van der Waals surface area contributed by atoms with Crippen LogP contribution in [-0.4, -0.2) is 11.1 Å². The monoisotopic (exact) mass is 250 g/mol. The summed E-state index contributed by atoms with van der Waals surface area (Å²) in [5.74, 6) is -2.20. The Hall–Kier alpha value is -1.87. The predicted molar refractivity (Wildman–Crippen MR) is 63.8 cm³/mol. The second kappa shape index (κ2) is 4.55. The molecule has 2 aromatic rings. The van der Waals surface area contributed by atoms with Gasteiger partial charge in [-0.2, -0.15) is 0 Å². The molecule has 1 N–H and O–H groups in total. The maximum absolute atomic E-state index is 13.6. The molecule has 0 spiro atoms. The van der Waals surface area contributed by atoms with Crippen molar-refractivity contribution >= 4 is 17.6 Å². The molecule has 0 radical (unpaired) electrons. The van der Waals surface area contributed by atoms with E-state index in [-0.39, 0.29) is 5.02 Å². The van der Waals surface area contributed by atoms with Crippen molar-refractivity contribution in [3.8, 4) is 11.1 Å². The van der Waals surface area contributed by atoms with Crippen LogP contribution in [0.1, 0.15) is 10.4 Å². The highest BCUT2D eigenvalue weighted by molar-refractivity contribution is 6.33. The molecule has 4 heteroatoms. The van der Waals surface area contributed by atoms with Gasteiger partial charge in [-0.05, 0) is 23.3 Å². The van der Waals surface area contributed by atoms with Crippen LogP contribution in [-0.2, 0) is 0 Å². The molecule has 0 unspecified atom stereocenters. The first-order valence-electron chi connectivity index (χ1n) is 4.87. The van der Waals surface area contributed by atoms with Gasteiger partial charge in [0, 0.05) is 0 Å². The zero-order valence-electron chi connectivity index (χ0n) is 8.65. The molecule has 0 saturated carbocycles. The smallest absolute Gasteiger partial charge is 0.340 e. The molecule has 2 nitrogen and oxygen atoms in total. The molecule has 17 heavy (non-hydrogen) atoms. The van der Waals surface area contributed by atoms with Crippen LogP contribution >= 0.6 is 11.6 Å². The fraction of sp³-hybridized carbons (Fsp3) is 0. The summed E-state index contributed by atoms with van der Waals surface area (Å²) in [6.45, 7) is 0. The molecule has 0 amide bonds. The van der Waals surface area contributed by atoms with Crippen LogP contribution in [0.5, 0.6) is 0 Å². The lowest BCUT2D eigenvalue weighted by Gasteiger charge is -2.06. The Balaban J connectivity index is 2.57. The van der Waals surface area contributed by atoms with Crippen molar-refractivity contribution in [1.82, 2.24) is 0 Å². The number of rotatable bonds is 2. The highest BCUT2D eigenvalue weighted by atomic mass is 35.5. The fourth-order valence-corrected chi connectivity index (χ4v) is 1.86. The first kappa shape index (κ1) is 11.6. The van der Waals surface area contributed by atoms with E-state index in [1.807, 2.05) is 18.2 Å². The molecule has 0 bridgehead atoms. The minimum absolute atomic E-state index is 0.101. The number of halogens is 2. The molecule has 0 heterocycles. The van der Waals surface area contributed by atoms with Crippen LogP contribution in [0.15, 0.2) is 42.5 Å². The van der Waals surface area contributed by atoms with Crippen molar-refractivity contribution in [2.24, 2.45) is 0 Å². The summed E-state index contributed by atoms with van der Waals surface area (Å²) in [7, 11) is 0. The van der Waals surface area contributed by atoms with Gasteiger partial charge in [-0.15, -0.1) is 0 Å². The molecule has 0 saturated heterocycles. The van der Waals surface area contributed by atoms with Crippen molar-refractivity contribution in [2.45, 2.75) is 0 Å². The molecule has 0 aliphatic rings. The molecule has 0 aliphatic heterocycles. The zero-order valence-corrected chi connectivity index (χ0v) is 9.41. The standard InChI is InChI=1S/C13H8ClFO2/c14-10-6-9(8-4-2-1-3-5-8)7-11(15)12(10)13(16)17/h1-7H,(H,16,17). The summed E-state index contributed by atoms with van der Waals surface area (Å²) < 4.78 is 13.6. The van der Waals surface area contributed by atoms with Gasteiger partial charge in [-0.1, -0.05) is 41.9 Å². The zero-order chi connectivity index (χ0) is 12.4. The van der Waals surface area contributed by atoms with E-state index in [0.717, 1.165) is 5.56 Å². The number of hydrogen-bond acceptors (Lipinski definition) is 1. The number of carboxylic acids is 1. The lowest BCUT2D eigenvalue weighted by Crippen LogP contribution is -2.02. The first-order valence-corrected chi connectivity index (χ1v) is 5.25. The van der Waals surface area contributed by atoms with Crippen LogP contribution in [0.25, 0.3) is 11.1 Å². The second-order valence-corrected chi connectivity index (χ2v) is 3.89. The number of carbonyl (C=O) groups is 1. The van der Waals surface area contributed by atoms with E-state index in [1.165, 1.54) is 12.1 Å². The number of carboxylic acid groups (broad SMARTS) is 1. The van der Waals surface area contributed by atoms with Crippen molar-refractivity contribution < 1.29 is 14.3 Å². The minimum atomic E-state index is -1.37. The van der Waals surface area contributed by atoms with Gasteiger partial charge in [-0.3, -0.25) is 0 Å². The summed E-state index contributed by atoms with van der Waals surface area (Å²) in [6.07, 6.45) is 0. The number of benzene rings is 2. The van der Waals surface area contributed by atoms with Gasteiger partial charge in [0.15, 0.2) is 0 Å². The van der Waals surface area contributed by atoms with Crippen molar-refractivity contribution in [2.75, 3.05) is 0 Å². The van der Waals surface area contributed by atoms with Gasteiger partial charge in [0.2, 0.25) is 0 Å². The summed E-state index contributed by atoms with van der Waals surface area (Å²) in [5.41, 5.74) is 0.842. The third-order valence-electron chi connectivity index (χ3n) is 2.36. The van der Waals surface area contributed by atoms with Gasteiger partial charge in [0.25, 0.3) is 0 Å². The summed E-state index contributed by atoms with van der Waals surface area (Å²) in [6, 6.07) is 11.7. The Morgan fingerprint density at radius 1 is 1.12 bits per heavy atom. The van der Waals surface area contributed by atoms with Crippen molar-refractivity contribution in [1.29, 1.82) is 0 Å². The topological polar surface area (TPSA) is 37.3 Å². The molecule has 2 aromatic carbocycles. The molecule has 0 fully saturated rings. The normalized spacial score (nSPS) is 10.2. The van der Waals surface area contributed by atoms with E-state index in [9.17, 15) is 9.18 Å². The lowest BCUT2D eigenvalue weighted by molar-refractivity contribution is 0.0692. The number of aromatic carboxylic acids is 1. The first-order chi connectivity index (χ1) is 8.09. The minimum Gasteiger partial charge on any atom is -0.478 e. The van der Waals surface area contributed by atoms with Gasteiger partial charge < -0.3 is 5.11 Å². The van der Waals surface area contributed by atoms with Crippen molar-refractivity contribution in [3.63, 3.8) is 0 Å². The number of hydrogen-bond donors (Lipinski definition) is 1. The van der Waals surface area contributed by atoms with Gasteiger partial charge in [0.1, 0.15) is 11.4 Å². The fourth-order valence-electron chi connectivity index (χ4n) is 1.57. The third kappa shape index (κ3) is 2.29. The Morgan fingerprint density at radius 2 is 1.76 bits per heavy atom. The average molecular weight is 251 g/mol. The van der Waals surface area contributed by atoms with Crippen LogP contribution in [0, 0.1) is 5.82 Å². The Kier molecular flexibility index (Phi) is 3.11. The van der Waals surface area contributed by atoms with E-state index in [2.05, 4.69) is 0 Å². The highest BCUT2D eigenvalue weighted by Crippen LogP contribution is 2.28. The van der Waals surface area contributed by atoms with E-state index >= 15 is 0 Å². The van der Waals surface area contributed by atoms with Crippen LogP contribution in [0.4, 0.5) is 4.39 Å². The summed E-state index contributed by atoms with van der Waals surface area (Å²) in [5, 5.41) is 8.68. The van der Waals surface area contributed by atoms with E-state index in [1.54, 1.807) is 12.1 Å². The quantitative estimate of drug-likeness (QED) is 0.879. The lowest BCUT2D eigenvalue weighted by atomic mass is 10.0. The molecule has 2 rings (SSSR count). The molecular formula is C13H8ClFO2. The summed E-state index contributed by atoms with van der Waals surface area (Å²) in [4.78, 5) is 10.8. The largest absolute Gasteiger partial charge is 0.478 e. The molecule has 0 atom stereocenters. The maximum atomic E-state index is 13.6. The molecule has 0 aliphatic carbocycles. The van der Waals surface area contributed by atoms with Gasteiger partial charge >= 0.3 is 5.97 Å². The molecule has 0 aromatic heterocycles. The predicted octanol–water partition coefficient (Wildman–Crippen LogP) is 3.84. The highest BCUT2D eigenvalue weighted by Gasteiger charge is 2.16. The Labute approximate surface area is 102 Å². The third-order valence-corrected chi connectivity index (χ3v) is 2.66. The Bertz CT molecular complexity index is 544. The average Bonchev–Trinajstić information content (AvgIpc) is 2.28.